The molecule has 0 fully saturated rings. The molecule has 1 rings (SSSR count). The summed E-state index contributed by atoms with van der Waals surface area (Å²) in [6, 6.07) is 2.26. The molecule has 0 aromatic heterocycles. The number of hydrogen-bond donors (Lipinski definition) is 0. The van der Waals surface area contributed by atoms with Gasteiger partial charge < -0.3 is 4.79 Å². The minimum Gasteiger partial charge on any atom is -0.300 e. The van der Waals surface area contributed by atoms with Crippen molar-refractivity contribution in [3.63, 3.8) is 0 Å². The molecule has 1 aromatic carbocycles. The maximum absolute atomic E-state index is 11.1. The molecular formula is C16H24O. The van der Waals surface area contributed by atoms with Crippen molar-refractivity contribution in [2.45, 2.75) is 60.3 Å². The van der Waals surface area contributed by atoms with Crippen molar-refractivity contribution in [3.8, 4) is 0 Å². The quantitative estimate of drug-likeness (QED) is 0.752. The third-order valence-electron chi connectivity index (χ3n) is 3.85. The molecule has 0 aliphatic rings. The Kier molecular flexibility index (Phi) is 4.50. The largest absolute Gasteiger partial charge is 0.300 e. The maximum atomic E-state index is 11.1. The van der Waals surface area contributed by atoms with Crippen molar-refractivity contribution in [1.82, 2.24) is 0 Å². The van der Waals surface area contributed by atoms with Gasteiger partial charge >= 0.3 is 0 Å². The number of carbonyl (C=O) groups excluding carboxylic acids is 1. The molecule has 0 spiro atoms. The molecule has 17 heavy (non-hydrogen) atoms. The van der Waals surface area contributed by atoms with Gasteiger partial charge in [-0.1, -0.05) is 13.0 Å². The highest BCUT2D eigenvalue weighted by Crippen LogP contribution is 2.31. The topological polar surface area (TPSA) is 17.1 Å². The number of hydrogen-bond acceptors (Lipinski definition) is 1. The standard InChI is InChI=1S/C16H24O/c1-10(7-8-13(4)17)16-14(5)11(2)9-12(3)15(16)6/h9-10H,7-8H2,1-6H3. The van der Waals surface area contributed by atoms with E-state index in [-0.39, 0.29) is 5.78 Å². The van der Waals surface area contributed by atoms with Gasteiger partial charge in [-0.05, 0) is 74.8 Å². The van der Waals surface area contributed by atoms with Crippen LogP contribution in [0.3, 0.4) is 0 Å². The molecule has 0 saturated heterocycles. The first kappa shape index (κ1) is 14.0. The monoisotopic (exact) mass is 232 g/mol. The minimum absolute atomic E-state index is 0.288. The molecule has 1 aromatic rings. The highest BCUT2D eigenvalue weighted by atomic mass is 16.1. The van der Waals surface area contributed by atoms with E-state index in [0.717, 1.165) is 6.42 Å². The zero-order valence-corrected chi connectivity index (χ0v) is 12.0. The smallest absolute Gasteiger partial charge is 0.129 e. The summed E-state index contributed by atoms with van der Waals surface area (Å²) in [7, 11) is 0. The molecule has 1 unspecified atom stereocenters. The van der Waals surface area contributed by atoms with Gasteiger partial charge in [-0.15, -0.1) is 0 Å². The predicted octanol–water partition coefficient (Wildman–Crippen LogP) is 4.39. The van der Waals surface area contributed by atoms with Crippen LogP contribution in [0.15, 0.2) is 6.07 Å². The van der Waals surface area contributed by atoms with E-state index in [0.29, 0.717) is 12.3 Å². The Morgan fingerprint density at radius 1 is 1.12 bits per heavy atom. The first-order valence-corrected chi connectivity index (χ1v) is 6.41. The van der Waals surface area contributed by atoms with E-state index in [1.165, 1.54) is 27.8 Å². The lowest BCUT2D eigenvalue weighted by atomic mass is 9.84. The summed E-state index contributed by atoms with van der Waals surface area (Å²) in [5, 5.41) is 0. The highest BCUT2D eigenvalue weighted by molar-refractivity contribution is 5.75. The molecule has 94 valence electrons. The molecule has 0 amide bonds. The highest BCUT2D eigenvalue weighted by Gasteiger charge is 2.15. The van der Waals surface area contributed by atoms with Crippen molar-refractivity contribution in [3.05, 3.63) is 33.9 Å². The Balaban J connectivity index is 3.07. The Hall–Kier alpha value is -1.11. The fourth-order valence-electron chi connectivity index (χ4n) is 2.55. The summed E-state index contributed by atoms with van der Waals surface area (Å²) in [6.07, 6.45) is 1.65. The minimum atomic E-state index is 0.288. The number of aryl methyl sites for hydroxylation is 2. The SMILES string of the molecule is CC(=O)CCC(C)c1c(C)c(C)cc(C)c1C. The third kappa shape index (κ3) is 3.18. The van der Waals surface area contributed by atoms with Crippen LogP contribution in [0.4, 0.5) is 0 Å². The molecule has 0 aliphatic heterocycles. The van der Waals surface area contributed by atoms with Crippen LogP contribution in [0.5, 0.6) is 0 Å². The van der Waals surface area contributed by atoms with Gasteiger partial charge in [0.15, 0.2) is 0 Å². The van der Waals surface area contributed by atoms with Crippen LogP contribution in [-0.2, 0) is 4.79 Å². The second kappa shape index (κ2) is 5.48. The first-order valence-electron chi connectivity index (χ1n) is 6.41. The van der Waals surface area contributed by atoms with Gasteiger partial charge in [0.05, 0.1) is 0 Å². The van der Waals surface area contributed by atoms with E-state index in [4.69, 9.17) is 0 Å². The lowest BCUT2D eigenvalue weighted by Gasteiger charge is -2.20. The molecule has 0 aliphatic carbocycles. The Morgan fingerprint density at radius 3 is 2.00 bits per heavy atom. The number of benzene rings is 1. The average Bonchev–Trinajstić information content (AvgIpc) is 2.24. The Labute approximate surface area is 105 Å². The summed E-state index contributed by atoms with van der Waals surface area (Å²) in [5.74, 6) is 0.758. The van der Waals surface area contributed by atoms with Gasteiger partial charge in [0.1, 0.15) is 5.78 Å². The average molecular weight is 232 g/mol. The van der Waals surface area contributed by atoms with Crippen LogP contribution in [0, 0.1) is 27.7 Å². The fraction of sp³-hybridized carbons (Fsp3) is 0.562. The van der Waals surface area contributed by atoms with E-state index in [1.807, 2.05) is 0 Å². The van der Waals surface area contributed by atoms with Crippen LogP contribution >= 0.6 is 0 Å². The zero-order chi connectivity index (χ0) is 13.2. The van der Waals surface area contributed by atoms with Crippen molar-refractivity contribution in [2.24, 2.45) is 0 Å². The van der Waals surface area contributed by atoms with Gasteiger partial charge in [0, 0.05) is 6.42 Å². The second-order valence-electron chi connectivity index (χ2n) is 5.32. The Morgan fingerprint density at radius 2 is 1.59 bits per heavy atom. The number of rotatable bonds is 4. The molecule has 0 bridgehead atoms. The summed E-state index contributed by atoms with van der Waals surface area (Å²) >= 11 is 0. The van der Waals surface area contributed by atoms with Crippen molar-refractivity contribution >= 4 is 5.78 Å². The van der Waals surface area contributed by atoms with E-state index in [9.17, 15) is 4.79 Å². The molecule has 0 radical (unpaired) electrons. The van der Waals surface area contributed by atoms with Gasteiger partial charge in [-0.2, -0.15) is 0 Å². The van der Waals surface area contributed by atoms with Gasteiger partial charge in [0.2, 0.25) is 0 Å². The molecule has 0 N–H and O–H groups in total. The normalized spacial score (nSPS) is 12.6. The lowest BCUT2D eigenvalue weighted by Crippen LogP contribution is -2.05. The van der Waals surface area contributed by atoms with Crippen LogP contribution in [0.2, 0.25) is 0 Å². The molecule has 1 heteroatoms. The van der Waals surface area contributed by atoms with E-state index in [2.05, 4.69) is 40.7 Å². The van der Waals surface area contributed by atoms with Crippen LogP contribution < -0.4 is 0 Å². The summed E-state index contributed by atoms with van der Waals surface area (Å²) in [5.41, 5.74) is 6.95. The van der Waals surface area contributed by atoms with Crippen molar-refractivity contribution in [2.75, 3.05) is 0 Å². The van der Waals surface area contributed by atoms with E-state index >= 15 is 0 Å². The number of Topliss-reactive ketones (excluding diaryl/α,β-unsaturated/α-hetero) is 1. The van der Waals surface area contributed by atoms with E-state index in [1.54, 1.807) is 6.92 Å². The second-order valence-corrected chi connectivity index (χ2v) is 5.32. The number of carbonyl (C=O) groups is 1. The lowest BCUT2D eigenvalue weighted by molar-refractivity contribution is -0.117. The summed E-state index contributed by atoms with van der Waals surface area (Å²) < 4.78 is 0. The predicted molar refractivity (Wildman–Crippen MR) is 73.7 cm³/mol. The van der Waals surface area contributed by atoms with Crippen LogP contribution in [0.1, 0.15) is 60.4 Å². The third-order valence-corrected chi connectivity index (χ3v) is 3.85. The molecule has 0 saturated carbocycles. The maximum Gasteiger partial charge on any atom is 0.129 e. The summed E-state index contributed by atoms with van der Waals surface area (Å²) in [6.45, 7) is 12.6. The fourth-order valence-corrected chi connectivity index (χ4v) is 2.55. The number of ketones is 1. The first-order chi connectivity index (χ1) is 7.84. The van der Waals surface area contributed by atoms with Crippen LogP contribution in [-0.4, -0.2) is 5.78 Å². The van der Waals surface area contributed by atoms with Gasteiger partial charge in [-0.3, -0.25) is 0 Å². The van der Waals surface area contributed by atoms with E-state index < -0.39 is 0 Å². The van der Waals surface area contributed by atoms with Gasteiger partial charge in [0.25, 0.3) is 0 Å². The Bertz CT molecular complexity index is 403. The zero-order valence-electron chi connectivity index (χ0n) is 12.0. The van der Waals surface area contributed by atoms with Gasteiger partial charge in [-0.25, -0.2) is 0 Å². The molecule has 0 heterocycles. The van der Waals surface area contributed by atoms with Crippen LogP contribution in [0.25, 0.3) is 0 Å². The van der Waals surface area contributed by atoms with Crippen molar-refractivity contribution < 1.29 is 4.79 Å². The summed E-state index contributed by atoms with van der Waals surface area (Å²) in [4.78, 5) is 11.1. The molecular weight excluding hydrogens is 208 g/mol. The van der Waals surface area contributed by atoms with Crippen molar-refractivity contribution in [1.29, 1.82) is 0 Å². The molecule has 1 atom stereocenters. The molecule has 1 nitrogen and oxygen atoms in total.